The zero-order chi connectivity index (χ0) is 13.2. The highest BCUT2D eigenvalue weighted by Gasteiger charge is 2.43. The summed E-state index contributed by atoms with van der Waals surface area (Å²) in [7, 11) is 0. The Kier molecular flexibility index (Phi) is 3.61. The minimum Gasteiger partial charge on any atom is -0.480 e. The van der Waals surface area contributed by atoms with Gasteiger partial charge in [-0.15, -0.1) is 0 Å². The van der Waals surface area contributed by atoms with Crippen molar-refractivity contribution in [1.82, 2.24) is 5.32 Å². The number of halogens is 2. The Morgan fingerprint density at radius 2 is 1.94 bits per heavy atom. The lowest BCUT2D eigenvalue weighted by atomic mass is 9.76. The van der Waals surface area contributed by atoms with Crippen molar-refractivity contribution in [2.75, 3.05) is 0 Å². The number of carbonyl (C=O) groups is 1. The van der Waals surface area contributed by atoms with Gasteiger partial charge in [0, 0.05) is 12.1 Å². The van der Waals surface area contributed by atoms with E-state index in [1.807, 2.05) is 0 Å². The van der Waals surface area contributed by atoms with Crippen molar-refractivity contribution in [2.24, 2.45) is 0 Å². The SMILES string of the molecule is O=C(O)C1(NCc2ccc(C(F)F)cc2)CCC1. The normalized spacial score (nSPS) is 17.5. The van der Waals surface area contributed by atoms with Crippen LogP contribution in [0.2, 0.25) is 0 Å². The molecule has 0 unspecified atom stereocenters. The molecule has 1 aliphatic rings. The summed E-state index contributed by atoms with van der Waals surface area (Å²) in [5.41, 5.74) is -0.0243. The zero-order valence-corrected chi connectivity index (χ0v) is 9.83. The van der Waals surface area contributed by atoms with Gasteiger partial charge < -0.3 is 5.11 Å². The van der Waals surface area contributed by atoms with Gasteiger partial charge in [-0.2, -0.15) is 0 Å². The Labute approximate surface area is 104 Å². The molecule has 1 aromatic rings. The molecule has 1 aromatic carbocycles. The number of carboxylic acids is 1. The molecule has 0 aliphatic heterocycles. The number of hydrogen-bond acceptors (Lipinski definition) is 2. The fourth-order valence-corrected chi connectivity index (χ4v) is 2.05. The first-order chi connectivity index (χ1) is 8.53. The Bertz CT molecular complexity index is 427. The number of aliphatic carboxylic acids is 1. The predicted molar refractivity (Wildman–Crippen MR) is 62.5 cm³/mol. The Hall–Kier alpha value is -1.49. The van der Waals surface area contributed by atoms with Crippen LogP contribution in [-0.2, 0) is 11.3 Å². The van der Waals surface area contributed by atoms with E-state index >= 15 is 0 Å². The third-order valence-electron chi connectivity index (χ3n) is 3.48. The van der Waals surface area contributed by atoms with Gasteiger partial charge in [-0.1, -0.05) is 24.3 Å². The van der Waals surface area contributed by atoms with E-state index in [4.69, 9.17) is 5.11 Å². The molecule has 98 valence electrons. The van der Waals surface area contributed by atoms with Crippen LogP contribution >= 0.6 is 0 Å². The van der Waals surface area contributed by atoms with Crippen LogP contribution in [0.15, 0.2) is 24.3 Å². The highest BCUT2D eigenvalue weighted by Crippen LogP contribution is 2.32. The van der Waals surface area contributed by atoms with Gasteiger partial charge in [0.2, 0.25) is 0 Å². The van der Waals surface area contributed by atoms with Crippen molar-refractivity contribution in [3.8, 4) is 0 Å². The molecule has 1 aliphatic carbocycles. The molecule has 1 saturated carbocycles. The van der Waals surface area contributed by atoms with Crippen molar-refractivity contribution >= 4 is 5.97 Å². The van der Waals surface area contributed by atoms with Gasteiger partial charge in [0.05, 0.1) is 0 Å². The fraction of sp³-hybridized carbons (Fsp3) is 0.462. The summed E-state index contributed by atoms with van der Waals surface area (Å²) in [5, 5.41) is 12.1. The van der Waals surface area contributed by atoms with Crippen molar-refractivity contribution in [1.29, 1.82) is 0 Å². The van der Waals surface area contributed by atoms with E-state index < -0.39 is 17.9 Å². The van der Waals surface area contributed by atoms with Gasteiger partial charge in [-0.3, -0.25) is 10.1 Å². The number of carboxylic acid groups (broad SMARTS) is 1. The quantitative estimate of drug-likeness (QED) is 0.850. The topological polar surface area (TPSA) is 49.3 Å². The molecule has 18 heavy (non-hydrogen) atoms. The van der Waals surface area contributed by atoms with E-state index in [1.54, 1.807) is 12.1 Å². The van der Waals surface area contributed by atoms with Crippen LogP contribution < -0.4 is 5.32 Å². The summed E-state index contributed by atoms with van der Waals surface area (Å²) in [5.74, 6) is -0.835. The van der Waals surface area contributed by atoms with E-state index in [1.165, 1.54) is 12.1 Å². The third kappa shape index (κ3) is 2.51. The van der Waals surface area contributed by atoms with Gasteiger partial charge in [-0.05, 0) is 24.8 Å². The van der Waals surface area contributed by atoms with Gasteiger partial charge in [0.25, 0.3) is 6.43 Å². The van der Waals surface area contributed by atoms with Crippen molar-refractivity contribution in [2.45, 2.75) is 37.8 Å². The summed E-state index contributed by atoms with van der Waals surface area (Å²) in [6.07, 6.45) is -0.317. The second-order valence-electron chi connectivity index (χ2n) is 4.64. The van der Waals surface area contributed by atoms with Crippen LogP contribution in [0, 0.1) is 0 Å². The average molecular weight is 255 g/mol. The monoisotopic (exact) mass is 255 g/mol. The molecule has 2 N–H and O–H groups in total. The van der Waals surface area contributed by atoms with Crippen LogP contribution in [0.25, 0.3) is 0 Å². The number of rotatable bonds is 5. The molecule has 0 amide bonds. The molecule has 0 bridgehead atoms. The van der Waals surface area contributed by atoms with E-state index in [-0.39, 0.29) is 5.56 Å². The molecule has 0 saturated heterocycles. The maximum absolute atomic E-state index is 12.4. The summed E-state index contributed by atoms with van der Waals surface area (Å²) >= 11 is 0. The second-order valence-corrected chi connectivity index (χ2v) is 4.64. The lowest BCUT2D eigenvalue weighted by molar-refractivity contribution is -0.148. The maximum atomic E-state index is 12.4. The first-order valence-electron chi connectivity index (χ1n) is 5.89. The summed E-state index contributed by atoms with van der Waals surface area (Å²) in [4.78, 5) is 11.1. The van der Waals surface area contributed by atoms with Crippen molar-refractivity contribution < 1.29 is 18.7 Å². The van der Waals surface area contributed by atoms with Crippen LogP contribution in [0.3, 0.4) is 0 Å². The first kappa shape index (κ1) is 13.0. The zero-order valence-electron chi connectivity index (χ0n) is 9.83. The Balaban J connectivity index is 1.96. The molecule has 0 aromatic heterocycles. The Morgan fingerprint density at radius 1 is 1.33 bits per heavy atom. The fourth-order valence-electron chi connectivity index (χ4n) is 2.05. The van der Waals surface area contributed by atoms with E-state index in [9.17, 15) is 13.6 Å². The molecule has 3 nitrogen and oxygen atoms in total. The molecule has 0 heterocycles. The number of nitrogens with one attached hydrogen (secondary N) is 1. The van der Waals surface area contributed by atoms with Gasteiger partial charge >= 0.3 is 5.97 Å². The molecule has 0 radical (unpaired) electrons. The third-order valence-corrected chi connectivity index (χ3v) is 3.48. The van der Waals surface area contributed by atoms with Crippen LogP contribution in [0.5, 0.6) is 0 Å². The van der Waals surface area contributed by atoms with E-state index in [2.05, 4.69) is 5.32 Å². The molecule has 0 spiro atoms. The summed E-state index contributed by atoms with van der Waals surface area (Å²) in [6, 6.07) is 5.94. The minimum atomic E-state index is -2.47. The Morgan fingerprint density at radius 3 is 2.33 bits per heavy atom. The predicted octanol–water partition coefficient (Wildman–Crippen LogP) is 2.72. The maximum Gasteiger partial charge on any atom is 0.323 e. The first-order valence-corrected chi connectivity index (χ1v) is 5.89. The minimum absolute atomic E-state index is 0.0182. The molecule has 1 fully saturated rings. The van der Waals surface area contributed by atoms with Crippen molar-refractivity contribution in [3.05, 3.63) is 35.4 Å². The van der Waals surface area contributed by atoms with Crippen LogP contribution in [-0.4, -0.2) is 16.6 Å². The van der Waals surface area contributed by atoms with Crippen LogP contribution in [0.4, 0.5) is 8.78 Å². The molecule has 2 rings (SSSR count). The summed E-state index contributed by atoms with van der Waals surface area (Å²) < 4.78 is 24.7. The van der Waals surface area contributed by atoms with Gasteiger partial charge in [0.15, 0.2) is 0 Å². The number of hydrogen-bond donors (Lipinski definition) is 2. The van der Waals surface area contributed by atoms with Gasteiger partial charge in [0.1, 0.15) is 5.54 Å². The number of alkyl halides is 2. The lowest BCUT2D eigenvalue weighted by Crippen LogP contribution is -2.56. The molecule has 5 heteroatoms. The van der Waals surface area contributed by atoms with Crippen molar-refractivity contribution in [3.63, 3.8) is 0 Å². The smallest absolute Gasteiger partial charge is 0.323 e. The largest absolute Gasteiger partial charge is 0.480 e. The van der Waals surface area contributed by atoms with E-state index in [0.717, 1.165) is 12.0 Å². The number of benzene rings is 1. The highest BCUT2D eigenvalue weighted by atomic mass is 19.3. The molecular weight excluding hydrogens is 240 g/mol. The molecular formula is C13H15F2NO2. The standard InChI is InChI=1S/C13H15F2NO2/c14-11(15)10-4-2-9(3-5-10)8-16-13(12(17)18)6-1-7-13/h2-5,11,16H,1,6-8H2,(H,17,18). The second kappa shape index (κ2) is 5.02. The average Bonchev–Trinajstić information content (AvgIpc) is 2.27. The molecule has 0 atom stereocenters. The highest BCUT2D eigenvalue weighted by molar-refractivity contribution is 5.79. The van der Waals surface area contributed by atoms with Gasteiger partial charge in [-0.25, -0.2) is 8.78 Å². The lowest BCUT2D eigenvalue weighted by Gasteiger charge is -2.38. The summed E-state index contributed by atoms with van der Waals surface area (Å²) in [6.45, 7) is 0.385. The van der Waals surface area contributed by atoms with E-state index in [0.29, 0.717) is 19.4 Å². The van der Waals surface area contributed by atoms with Crippen LogP contribution in [0.1, 0.15) is 36.8 Å².